The van der Waals surface area contributed by atoms with Gasteiger partial charge in [-0.3, -0.25) is 0 Å². The van der Waals surface area contributed by atoms with Crippen molar-refractivity contribution >= 4 is 17.3 Å². The zero-order chi connectivity index (χ0) is 10.8. The molecule has 0 amide bonds. The Balaban J connectivity index is 2.54. The van der Waals surface area contributed by atoms with Crippen molar-refractivity contribution in [3.8, 4) is 11.1 Å². The molecule has 0 saturated carbocycles. The predicted octanol–water partition coefficient (Wildman–Crippen LogP) is 3.73. The third kappa shape index (κ3) is 2.28. The van der Waals surface area contributed by atoms with Gasteiger partial charge in [-0.05, 0) is 41.5 Å². The maximum atomic E-state index is 13.1. The summed E-state index contributed by atoms with van der Waals surface area (Å²) in [6, 6.07) is 11.7. The van der Waals surface area contributed by atoms with E-state index in [1.807, 2.05) is 12.1 Å². The predicted molar refractivity (Wildman–Crippen MR) is 61.3 cm³/mol. The van der Waals surface area contributed by atoms with Crippen molar-refractivity contribution in [3.63, 3.8) is 0 Å². The van der Waals surface area contributed by atoms with Crippen LogP contribution >= 0.6 is 11.6 Å². The largest absolute Gasteiger partial charge is 0.399 e. The van der Waals surface area contributed by atoms with Gasteiger partial charge in [-0.25, -0.2) is 4.39 Å². The van der Waals surface area contributed by atoms with Gasteiger partial charge in [0.2, 0.25) is 0 Å². The molecule has 0 bridgehead atoms. The van der Waals surface area contributed by atoms with Gasteiger partial charge in [0.25, 0.3) is 0 Å². The Kier molecular flexibility index (Phi) is 2.60. The van der Waals surface area contributed by atoms with E-state index in [-0.39, 0.29) is 5.82 Å². The van der Waals surface area contributed by atoms with Crippen molar-refractivity contribution in [3.05, 3.63) is 53.3 Å². The topological polar surface area (TPSA) is 26.0 Å². The van der Waals surface area contributed by atoms with Gasteiger partial charge in [-0.2, -0.15) is 0 Å². The van der Waals surface area contributed by atoms with E-state index in [0.29, 0.717) is 10.7 Å². The first-order valence-corrected chi connectivity index (χ1v) is 4.85. The molecule has 0 aliphatic heterocycles. The number of hydrogen-bond donors (Lipinski definition) is 1. The highest BCUT2D eigenvalue weighted by atomic mass is 35.5. The minimum atomic E-state index is -0.343. The van der Waals surface area contributed by atoms with Crippen LogP contribution in [0.2, 0.25) is 5.02 Å². The van der Waals surface area contributed by atoms with E-state index < -0.39 is 0 Å². The van der Waals surface area contributed by atoms with Crippen LogP contribution in [0.15, 0.2) is 42.5 Å². The number of nitrogen functional groups attached to an aromatic ring is 1. The Morgan fingerprint density at radius 2 is 1.80 bits per heavy atom. The Bertz CT molecular complexity index is 476. The summed E-state index contributed by atoms with van der Waals surface area (Å²) in [7, 11) is 0. The molecule has 2 N–H and O–H groups in total. The highest BCUT2D eigenvalue weighted by molar-refractivity contribution is 6.30. The molecule has 0 unspecified atom stereocenters. The second-order valence-corrected chi connectivity index (χ2v) is 3.72. The van der Waals surface area contributed by atoms with Gasteiger partial charge in [0.1, 0.15) is 5.82 Å². The first kappa shape index (κ1) is 9.99. The van der Waals surface area contributed by atoms with Crippen LogP contribution in [0, 0.1) is 5.82 Å². The van der Waals surface area contributed by atoms with Gasteiger partial charge in [0.15, 0.2) is 0 Å². The van der Waals surface area contributed by atoms with E-state index in [1.54, 1.807) is 18.2 Å². The van der Waals surface area contributed by atoms with E-state index in [9.17, 15) is 4.39 Å². The van der Waals surface area contributed by atoms with E-state index in [4.69, 9.17) is 17.3 Å². The third-order valence-electron chi connectivity index (χ3n) is 2.08. The standard InChI is InChI=1S/C12H9ClFN/c13-10-3-1-2-8(4-10)9-5-11(14)7-12(15)6-9/h1-7H,15H2. The van der Waals surface area contributed by atoms with Crippen LogP contribution in [-0.4, -0.2) is 0 Å². The smallest absolute Gasteiger partial charge is 0.125 e. The normalized spacial score (nSPS) is 10.3. The third-order valence-corrected chi connectivity index (χ3v) is 2.31. The summed E-state index contributed by atoms with van der Waals surface area (Å²) >= 11 is 5.85. The molecule has 76 valence electrons. The van der Waals surface area contributed by atoms with Crippen LogP contribution in [0.1, 0.15) is 0 Å². The van der Waals surface area contributed by atoms with Crippen LogP contribution in [-0.2, 0) is 0 Å². The average molecular weight is 222 g/mol. The zero-order valence-electron chi connectivity index (χ0n) is 7.87. The molecule has 15 heavy (non-hydrogen) atoms. The molecule has 2 rings (SSSR count). The number of rotatable bonds is 1. The molecule has 0 heterocycles. The fraction of sp³-hybridized carbons (Fsp3) is 0. The minimum absolute atomic E-state index is 0.343. The number of hydrogen-bond acceptors (Lipinski definition) is 1. The van der Waals surface area contributed by atoms with Gasteiger partial charge in [-0.1, -0.05) is 23.7 Å². The summed E-state index contributed by atoms with van der Waals surface area (Å²) in [4.78, 5) is 0. The lowest BCUT2D eigenvalue weighted by molar-refractivity contribution is 0.629. The SMILES string of the molecule is Nc1cc(F)cc(-c2cccc(Cl)c2)c1. The maximum Gasteiger partial charge on any atom is 0.125 e. The summed E-state index contributed by atoms with van der Waals surface area (Å²) in [6.07, 6.45) is 0. The van der Waals surface area contributed by atoms with E-state index in [0.717, 1.165) is 11.1 Å². The monoisotopic (exact) mass is 221 g/mol. The molecule has 0 spiro atoms. The second kappa shape index (κ2) is 3.91. The summed E-state index contributed by atoms with van der Waals surface area (Å²) in [5.41, 5.74) is 7.56. The fourth-order valence-corrected chi connectivity index (χ4v) is 1.64. The van der Waals surface area contributed by atoms with Crippen LogP contribution < -0.4 is 5.73 Å². The Morgan fingerprint density at radius 1 is 1.00 bits per heavy atom. The number of benzene rings is 2. The van der Waals surface area contributed by atoms with Gasteiger partial charge in [-0.15, -0.1) is 0 Å². The van der Waals surface area contributed by atoms with Crippen molar-refractivity contribution in [2.45, 2.75) is 0 Å². The molecular weight excluding hydrogens is 213 g/mol. The highest BCUT2D eigenvalue weighted by Gasteiger charge is 2.01. The van der Waals surface area contributed by atoms with Gasteiger partial charge in [0.05, 0.1) is 0 Å². The first-order valence-electron chi connectivity index (χ1n) is 4.47. The molecule has 0 radical (unpaired) electrons. The van der Waals surface area contributed by atoms with Crippen LogP contribution in [0.3, 0.4) is 0 Å². The summed E-state index contributed by atoms with van der Waals surface area (Å²) in [5, 5.41) is 0.621. The molecule has 0 aliphatic rings. The van der Waals surface area contributed by atoms with Gasteiger partial charge in [0, 0.05) is 10.7 Å². The van der Waals surface area contributed by atoms with Crippen LogP contribution in [0.5, 0.6) is 0 Å². The van der Waals surface area contributed by atoms with Crippen molar-refractivity contribution in [2.75, 3.05) is 5.73 Å². The van der Waals surface area contributed by atoms with Gasteiger partial charge >= 0.3 is 0 Å². The Hall–Kier alpha value is -1.54. The Morgan fingerprint density at radius 3 is 2.47 bits per heavy atom. The fourth-order valence-electron chi connectivity index (χ4n) is 1.45. The number of halogens is 2. The number of nitrogens with two attached hydrogens (primary N) is 1. The molecule has 0 atom stereocenters. The van der Waals surface area contributed by atoms with Crippen molar-refractivity contribution < 1.29 is 4.39 Å². The molecule has 0 saturated heterocycles. The molecule has 3 heteroatoms. The quantitative estimate of drug-likeness (QED) is 0.730. The zero-order valence-corrected chi connectivity index (χ0v) is 8.63. The molecular formula is C12H9ClFN. The van der Waals surface area contributed by atoms with Crippen molar-refractivity contribution in [1.82, 2.24) is 0 Å². The second-order valence-electron chi connectivity index (χ2n) is 3.28. The molecule has 2 aromatic rings. The number of anilines is 1. The molecule has 0 fully saturated rings. The Labute approximate surface area is 92.3 Å². The van der Waals surface area contributed by atoms with Crippen LogP contribution in [0.25, 0.3) is 11.1 Å². The summed E-state index contributed by atoms with van der Waals surface area (Å²) in [6.45, 7) is 0. The minimum Gasteiger partial charge on any atom is -0.399 e. The molecule has 2 aromatic carbocycles. The van der Waals surface area contributed by atoms with E-state index >= 15 is 0 Å². The van der Waals surface area contributed by atoms with E-state index in [2.05, 4.69) is 0 Å². The van der Waals surface area contributed by atoms with E-state index in [1.165, 1.54) is 12.1 Å². The average Bonchev–Trinajstić information content (AvgIpc) is 2.16. The summed E-state index contributed by atoms with van der Waals surface area (Å²) < 4.78 is 13.1. The maximum absolute atomic E-state index is 13.1. The molecule has 1 nitrogen and oxygen atoms in total. The highest BCUT2D eigenvalue weighted by Crippen LogP contribution is 2.25. The lowest BCUT2D eigenvalue weighted by atomic mass is 10.1. The van der Waals surface area contributed by atoms with Crippen LogP contribution in [0.4, 0.5) is 10.1 Å². The first-order chi connectivity index (χ1) is 7.15. The summed E-state index contributed by atoms with van der Waals surface area (Å²) in [5.74, 6) is -0.343. The molecule has 0 aromatic heterocycles. The van der Waals surface area contributed by atoms with Gasteiger partial charge < -0.3 is 5.73 Å². The van der Waals surface area contributed by atoms with Crippen molar-refractivity contribution in [1.29, 1.82) is 0 Å². The molecule has 0 aliphatic carbocycles. The lowest BCUT2D eigenvalue weighted by Crippen LogP contribution is -1.88. The van der Waals surface area contributed by atoms with Crippen molar-refractivity contribution in [2.24, 2.45) is 0 Å². The lowest BCUT2D eigenvalue weighted by Gasteiger charge is -2.03.